The highest BCUT2D eigenvalue weighted by molar-refractivity contribution is 5.66. The number of nitrogens with zero attached hydrogens (tertiary/aromatic N) is 2. The van der Waals surface area contributed by atoms with Crippen molar-refractivity contribution in [1.29, 1.82) is 5.26 Å². The van der Waals surface area contributed by atoms with E-state index >= 15 is 0 Å². The van der Waals surface area contributed by atoms with Crippen molar-refractivity contribution in [3.8, 4) is 17.2 Å². The predicted octanol–water partition coefficient (Wildman–Crippen LogP) is 4.57. The van der Waals surface area contributed by atoms with Crippen LogP contribution < -0.4 is 0 Å². The van der Waals surface area contributed by atoms with E-state index in [1.54, 1.807) is 0 Å². The summed E-state index contributed by atoms with van der Waals surface area (Å²) in [6, 6.07) is 18.5. The number of hydrogen-bond acceptors (Lipinski definition) is 2. The molecule has 2 aromatic rings. The fraction of sp³-hybridized carbons (Fsp3) is 0.409. The Morgan fingerprint density at radius 3 is 2.50 bits per heavy atom. The van der Waals surface area contributed by atoms with Gasteiger partial charge in [-0.25, -0.2) is 0 Å². The molecule has 0 spiro atoms. The third-order valence-corrected chi connectivity index (χ3v) is 5.83. The standard InChI is InChI=1S/C22H24N2/c1-16-3-2-12-24(16)22-11-10-20-13-19(8-9-21(20)14-22)18-6-4-17(15-23)5-7-18/h4-9,13,16,22H,2-3,10-12,14H2,1H3. The Bertz CT molecular complexity index is 770. The average molecular weight is 316 g/mol. The summed E-state index contributed by atoms with van der Waals surface area (Å²) in [5, 5.41) is 8.94. The van der Waals surface area contributed by atoms with E-state index in [9.17, 15) is 0 Å². The summed E-state index contributed by atoms with van der Waals surface area (Å²) in [5.74, 6) is 0. The van der Waals surface area contributed by atoms with Gasteiger partial charge in [0.1, 0.15) is 0 Å². The molecule has 2 aliphatic rings. The average Bonchev–Trinajstić information content (AvgIpc) is 3.07. The van der Waals surface area contributed by atoms with Crippen LogP contribution in [0.25, 0.3) is 11.1 Å². The largest absolute Gasteiger partial charge is 0.297 e. The lowest BCUT2D eigenvalue weighted by atomic mass is 9.85. The number of likely N-dealkylation sites (tertiary alicyclic amines) is 1. The molecule has 2 nitrogen and oxygen atoms in total. The fourth-order valence-corrected chi connectivity index (χ4v) is 4.43. The summed E-state index contributed by atoms with van der Waals surface area (Å²) in [7, 11) is 0. The van der Waals surface area contributed by atoms with Crippen molar-refractivity contribution >= 4 is 0 Å². The molecule has 1 saturated heterocycles. The minimum Gasteiger partial charge on any atom is -0.297 e. The molecular weight excluding hydrogens is 292 g/mol. The zero-order chi connectivity index (χ0) is 16.5. The van der Waals surface area contributed by atoms with Gasteiger partial charge in [-0.3, -0.25) is 4.90 Å². The van der Waals surface area contributed by atoms with E-state index < -0.39 is 0 Å². The SMILES string of the molecule is CC1CCCN1C1CCc2cc(-c3ccc(C#N)cc3)ccc2C1. The Balaban J connectivity index is 1.55. The maximum Gasteiger partial charge on any atom is 0.0991 e. The lowest BCUT2D eigenvalue weighted by Gasteiger charge is -2.35. The van der Waals surface area contributed by atoms with Crippen molar-refractivity contribution in [3.05, 3.63) is 59.2 Å². The molecule has 0 bridgehead atoms. The molecule has 2 heteroatoms. The topological polar surface area (TPSA) is 27.0 Å². The zero-order valence-corrected chi connectivity index (χ0v) is 14.3. The van der Waals surface area contributed by atoms with Gasteiger partial charge >= 0.3 is 0 Å². The lowest BCUT2D eigenvalue weighted by molar-refractivity contribution is 0.174. The molecule has 2 unspecified atom stereocenters. The minimum absolute atomic E-state index is 0.722. The number of hydrogen-bond donors (Lipinski definition) is 0. The van der Waals surface area contributed by atoms with E-state index in [4.69, 9.17) is 5.26 Å². The molecule has 1 aliphatic carbocycles. The Kier molecular flexibility index (Phi) is 4.12. The van der Waals surface area contributed by atoms with Crippen LogP contribution in [0.3, 0.4) is 0 Å². The summed E-state index contributed by atoms with van der Waals surface area (Å²) in [4.78, 5) is 2.73. The second-order valence-corrected chi connectivity index (χ2v) is 7.30. The quantitative estimate of drug-likeness (QED) is 0.811. The Morgan fingerprint density at radius 2 is 1.79 bits per heavy atom. The lowest BCUT2D eigenvalue weighted by Crippen LogP contribution is -2.41. The number of nitriles is 1. The first-order chi connectivity index (χ1) is 11.7. The molecule has 0 N–H and O–H groups in total. The van der Waals surface area contributed by atoms with Gasteiger partial charge < -0.3 is 0 Å². The van der Waals surface area contributed by atoms with E-state index in [-0.39, 0.29) is 0 Å². The van der Waals surface area contributed by atoms with Crippen LogP contribution in [0.5, 0.6) is 0 Å². The Labute approximate surface area is 144 Å². The number of fused-ring (bicyclic) bond motifs is 1. The second-order valence-electron chi connectivity index (χ2n) is 7.30. The molecule has 4 rings (SSSR count). The molecule has 1 fully saturated rings. The summed E-state index contributed by atoms with van der Waals surface area (Å²) < 4.78 is 0. The number of benzene rings is 2. The summed E-state index contributed by atoms with van der Waals surface area (Å²) >= 11 is 0. The van der Waals surface area contributed by atoms with Gasteiger partial charge in [-0.2, -0.15) is 5.26 Å². The van der Waals surface area contributed by atoms with Gasteiger partial charge in [-0.15, -0.1) is 0 Å². The minimum atomic E-state index is 0.722. The molecule has 0 amide bonds. The first kappa shape index (κ1) is 15.4. The molecule has 1 aliphatic heterocycles. The van der Waals surface area contributed by atoms with Gasteiger partial charge in [0, 0.05) is 12.1 Å². The molecule has 2 aromatic carbocycles. The highest BCUT2D eigenvalue weighted by atomic mass is 15.2. The summed E-state index contributed by atoms with van der Waals surface area (Å²) in [6.45, 7) is 3.67. The van der Waals surface area contributed by atoms with E-state index in [2.05, 4.69) is 48.2 Å². The van der Waals surface area contributed by atoms with Crippen molar-refractivity contribution < 1.29 is 0 Å². The van der Waals surface area contributed by atoms with Gasteiger partial charge in [-0.05, 0) is 80.0 Å². The summed E-state index contributed by atoms with van der Waals surface area (Å²) in [6.07, 6.45) is 6.40. The zero-order valence-electron chi connectivity index (χ0n) is 14.3. The van der Waals surface area contributed by atoms with Crippen LogP contribution in [-0.4, -0.2) is 23.5 Å². The van der Waals surface area contributed by atoms with Crippen LogP contribution in [0.15, 0.2) is 42.5 Å². The van der Waals surface area contributed by atoms with Crippen LogP contribution in [0, 0.1) is 11.3 Å². The molecule has 122 valence electrons. The highest BCUT2D eigenvalue weighted by Crippen LogP contribution is 2.32. The molecule has 0 radical (unpaired) electrons. The molecule has 1 heterocycles. The smallest absolute Gasteiger partial charge is 0.0991 e. The first-order valence-corrected chi connectivity index (χ1v) is 9.12. The van der Waals surface area contributed by atoms with Gasteiger partial charge in [0.05, 0.1) is 11.6 Å². The summed E-state index contributed by atoms with van der Waals surface area (Å²) in [5.41, 5.74) is 6.24. The molecule has 2 atom stereocenters. The Hall–Kier alpha value is -2.11. The highest BCUT2D eigenvalue weighted by Gasteiger charge is 2.30. The van der Waals surface area contributed by atoms with Gasteiger partial charge in [0.2, 0.25) is 0 Å². The predicted molar refractivity (Wildman–Crippen MR) is 97.8 cm³/mol. The van der Waals surface area contributed by atoms with Gasteiger partial charge in [0.15, 0.2) is 0 Å². The van der Waals surface area contributed by atoms with Crippen LogP contribution in [0.4, 0.5) is 0 Å². The molecule has 0 aromatic heterocycles. The van der Waals surface area contributed by atoms with E-state index in [0.29, 0.717) is 0 Å². The van der Waals surface area contributed by atoms with Crippen LogP contribution in [0.1, 0.15) is 42.9 Å². The van der Waals surface area contributed by atoms with Gasteiger partial charge in [-0.1, -0.05) is 30.3 Å². The molecule has 0 saturated carbocycles. The van der Waals surface area contributed by atoms with E-state index in [1.807, 2.05) is 12.1 Å². The van der Waals surface area contributed by atoms with Crippen molar-refractivity contribution in [3.63, 3.8) is 0 Å². The van der Waals surface area contributed by atoms with Crippen LogP contribution in [-0.2, 0) is 12.8 Å². The third-order valence-electron chi connectivity index (χ3n) is 5.83. The normalized spacial score (nSPS) is 23.7. The Morgan fingerprint density at radius 1 is 1.00 bits per heavy atom. The number of rotatable bonds is 2. The second kappa shape index (κ2) is 6.42. The van der Waals surface area contributed by atoms with Crippen molar-refractivity contribution in [2.24, 2.45) is 0 Å². The van der Waals surface area contributed by atoms with E-state index in [1.165, 1.54) is 60.9 Å². The maximum atomic E-state index is 8.94. The fourth-order valence-electron chi connectivity index (χ4n) is 4.43. The maximum absolute atomic E-state index is 8.94. The number of aryl methyl sites for hydroxylation is 1. The van der Waals surface area contributed by atoms with Crippen molar-refractivity contribution in [2.45, 2.75) is 51.1 Å². The van der Waals surface area contributed by atoms with Crippen LogP contribution in [0.2, 0.25) is 0 Å². The first-order valence-electron chi connectivity index (χ1n) is 9.12. The van der Waals surface area contributed by atoms with Crippen molar-refractivity contribution in [2.75, 3.05) is 6.54 Å². The van der Waals surface area contributed by atoms with Crippen molar-refractivity contribution in [1.82, 2.24) is 4.90 Å². The third kappa shape index (κ3) is 2.85. The molecule has 24 heavy (non-hydrogen) atoms. The van der Waals surface area contributed by atoms with E-state index in [0.717, 1.165) is 17.6 Å². The van der Waals surface area contributed by atoms with Crippen LogP contribution >= 0.6 is 0 Å². The van der Waals surface area contributed by atoms with Gasteiger partial charge in [0.25, 0.3) is 0 Å². The molecular formula is C22H24N2. The monoisotopic (exact) mass is 316 g/mol.